The highest BCUT2D eigenvalue weighted by Gasteiger charge is 2.28. The van der Waals surface area contributed by atoms with Crippen molar-refractivity contribution in [1.82, 2.24) is 19.8 Å². The fourth-order valence-electron chi connectivity index (χ4n) is 3.60. The van der Waals surface area contributed by atoms with Gasteiger partial charge in [0, 0.05) is 12.1 Å². The van der Waals surface area contributed by atoms with Crippen LogP contribution in [0.15, 0.2) is 53.3 Å². The Balaban J connectivity index is 2.19. The van der Waals surface area contributed by atoms with Gasteiger partial charge in [-0.3, -0.25) is 9.36 Å². The Morgan fingerprint density at radius 1 is 1.16 bits per heavy atom. The Bertz CT molecular complexity index is 1150. The van der Waals surface area contributed by atoms with Gasteiger partial charge >= 0.3 is 6.03 Å². The second kappa shape index (κ2) is 9.51. The molecule has 6 nitrogen and oxygen atoms in total. The van der Waals surface area contributed by atoms with E-state index in [1.807, 2.05) is 33.8 Å². The first kappa shape index (κ1) is 23.4. The van der Waals surface area contributed by atoms with E-state index in [1.165, 1.54) is 16.7 Å². The van der Waals surface area contributed by atoms with Crippen LogP contribution in [0.3, 0.4) is 0 Å². The molecule has 0 saturated heterocycles. The van der Waals surface area contributed by atoms with Crippen molar-refractivity contribution in [1.29, 1.82) is 0 Å². The van der Waals surface area contributed by atoms with Crippen LogP contribution >= 0.6 is 0 Å². The van der Waals surface area contributed by atoms with Gasteiger partial charge in [0.2, 0.25) is 0 Å². The number of urea groups is 1. The number of fused-ring (bicyclic) bond motifs is 1. The first-order chi connectivity index (χ1) is 15.1. The number of nitrogens with zero attached hydrogens (tertiary/aromatic N) is 3. The molecule has 1 atom stereocenters. The third kappa shape index (κ3) is 5.15. The summed E-state index contributed by atoms with van der Waals surface area (Å²) in [6.45, 7) is 10.2. The lowest BCUT2D eigenvalue weighted by Gasteiger charge is -2.33. The van der Waals surface area contributed by atoms with E-state index in [9.17, 15) is 14.0 Å². The van der Waals surface area contributed by atoms with Crippen molar-refractivity contribution in [3.63, 3.8) is 0 Å². The largest absolute Gasteiger partial charge is 0.333 e. The van der Waals surface area contributed by atoms with Crippen LogP contribution in [-0.2, 0) is 0 Å². The summed E-state index contributed by atoms with van der Waals surface area (Å²) in [6, 6.07) is 12.1. The second-order valence-electron chi connectivity index (χ2n) is 9.01. The van der Waals surface area contributed by atoms with Gasteiger partial charge in [0.1, 0.15) is 11.6 Å². The Labute approximate surface area is 188 Å². The number of amides is 2. The van der Waals surface area contributed by atoms with Crippen molar-refractivity contribution < 1.29 is 9.18 Å². The topological polar surface area (TPSA) is 67.2 Å². The van der Waals surface area contributed by atoms with Gasteiger partial charge in [0.05, 0.1) is 22.6 Å². The number of hydrogen-bond acceptors (Lipinski definition) is 3. The Morgan fingerprint density at radius 2 is 1.81 bits per heavy atom. The maximum Gasteiger partial charge on any atom is 0.318 e. The molecular weight excluding hydrogens is 407 g/mol. The summed E-state index contributed by atoms with van der Waals surface area (Å²) in [7, 11) is 0. The molecular formula is C25H31FN4O2. The van der Waals surface area contributed by atoms with Gasteiger partial charge in [-0.2, -0.15) is 0 Å². The molecule has 170 valence electrons. The molecule has 7 heteroatoms. The molecule has 0 radical (unpaired) electrons. The maximum absolute atomic E-state index is 13.6. The average molecular weight is 439 g/mol. The maximum atomic E-state index is 13.6. The summed E-state index contributed by atoms with van der Waals surface area (Å²) in [5, 5.41) is 3.48. The van der Waals surface area contributed by atoms with Crippen molar-refractivity contribution in [2.24, 2.45) is 0 Å². The van der Waals surface area contributed by atoms with Crippen LogP contribution < -0.4 is 10.9 Å². The summed E-state index contributed by atoms with van der Waals surface area (Å²) in [4.78, 5) is 33.2. The van der Waals surface area contributed by atoms with E-state index in [0.29, 0.717) is 29.0 Å². The molecule has 3 rings (SSSR count). The van der Waals surface area contributed by atoms with Crippen molar-refractivity contribution >= 4 is 16.9 Å². The van der Waals surface area contributed by atoms with E-state index in [0.717, 1.165) is 12.8 Å². The van der Waals surface area contributed by atoms with Crippen molar-refractivity contribution in [3.8, 4) is 5.69 Å². The molecule has 0 aliphatic carbocycles. The summed E-state index contributed by atoms with van der Waals surface area (Å²) in [5.74, 6) is 0.0414. The number of rotatable bonds is 6. The van der Waals surface area contributed by atoms with Gasteiger partial charge in [-0.05, 0) is 70.5 Å². The molecule has 1 heterocycles. The van der Waals surface area contributed by atoms with Gasteiger partial charge in [-0.1, -0.05) is 25.5 Å². The van der Waals surface area contributed by atoms with Crippen LogP contribution in [0.2, 0.25) is 0 Å². The lowest BCUT2D eigenvalue weighted by Crippen LogP contribution is -2.50. The fraction of sp³-hybridized carbons (Fsp3) is 0.400. The van der Waals surface area contributed by atoms with Crippen molar-refractivity contribution in [2.75, 3.05) is 6.54 Å². The number of para-hydroxylation sites is 1. The van der Waals surface area contributed by atoms with Crippen LogP contribution in [0.1, 0.15) is 59.3 Å². The lowest BCUT2D eigenvalue weighted by molar-refractivity contribution is 0.166. The Morgan fingerprint density at radius 3 is 2.44 bits per heavy atom. The highest BCUT2D eigenvalue weighted by Crippen LogP contribution is 2.24. The first-order valence-corrected chi connectivity index (χ1v) is 11.0. The minimum Gasteiger partial charge on any atom is -0.333 e. The summed E-state index contributed by atoms with van der Waals surface area (Å²) < 4.78 is 15.1. The van der Waals surface area contributed by atoms with Gasteiger partial charge in [0.25, 0.3) is 5.56 Å². The fourth-order valence-corrected chi connectivity index (χ4v) is 3.60. The second-order valence-corrected chi connectivity index (χ2v) is 9.01. The van der Waals surface area contributed by atoms with Crippen LogP contribution in [0.25, 0.3) is 16.6 Å². The quantitative estimate of drug-likeness (QED) is 0.575. The lowest BCUT2D eigenvalue weighted by atomic mass is 10.1. The predicted molar refractivity (Wildman–Crippen MR) is 126 cm³/mol. The third-order valence-electron chi connectivity index (χ3n) is 5.22. The monoisotopic (exact) mass is 438 g/mol. The minimum atomic E-state index is -0.494. The van der Waals surface area contributed by atoms with Gasteiger partial charge in [0.15, 0.2) is 0 Å². The van der Waals surface area contributed by atoms with E-state index in [4.69, 9.17) is 4.98 Å². The van der Waals surface area contributed by atoms with Crippen molar-refractivity contribution in [2.45, 2.75) is 59.0 Å². The van der Waals surface area contributed by atoms with Gasteiger partial charge in [-0.25, -0.2) is 14.2 Å². The number of carbonyl (C=O) groups is 1. The Kier molecular flexibility index (Phi) is 6.96. The molecule has 0 aliphatic rings. The van der Waals surface area contributed by atoms with E-state index in [-0.39, 0.29) is 17.4 Å². The number of carbonyl (C=O) groups excluding carboxylic acids is 1. The number of hydrogen-bond donors (Lipinski definition) is 1. The highest BCUT2D eigenvalue weighted by atomic mass is 19.1. The highest BCUT2D eigenvalue weighted by molar-refractivity contribution is 5.78. The predicted octanol–water partition coefficient (Wildman–Crippen LogP) is 5.20. The molecule has 1 N–H and O–H groups in total. The van der Waals surface area contributed by atoms with Gasteiger partial charge in [-0.15, -0.1) is 0 Å². The third-order valence-corrected chi connectivity index (χ3v) is 5.22. The normalized spacial score (nSPS) is 12.6. The van der Waals surface area contributed by atoms with Crippen LogP contribution in [0.4, 0.5) is 9.18 Å². The first-order valence-electron chi connectivity index (χ1n) is 11.0. The SMILES string of the molecule is CCCCN(C(=O)NC(C)(C)C)C(C)c1nc2ccccc2c(=O)n1-c1ccc(F)cc1. The van der Waals surface area contributed by atoms with Crippen LogP contribution in [0, 0.1) is 5.82 Å². The van der Waals surface area contributed by atoms with Crippen LogP contribution in [-0.4, -0.2) is 32.6 Å². The standard InChI is InChI=1S/C25H31FN4O2/c1-6-7-16-29(24(32)28-25(3,4)5)17(2)22-27-21-11-9-8-10-20(21)23(31)30(22)19-14-12-18(26)13-15-19/h8-15,17H,6-7,16H2,1-5H3,(H,28,32). The number of aromatic nitrogens is 2. The van der Waals surface area contributed by atoms with E-state index in [1.54, 1.807) is 35.2 Å². The molecule has 1 unspecified atom stereocenters. The number of benzene rings is 2. The van der Waals surface area contributed by atoms with E-state index >= 15 is 0 Å². The van der Waals surface area contributed by atoms with Crippen molar-refractivity contribution in [3.05, 3.63) is 70.5 Å². The molecule has 0 spiro atoms. The number of nitrogens with one attached hydrogen (secondary N) is 1. The summed E-state index contributed by atoms with van der Waals surface area (Å²) in [6.07, 6.45) is 1.73. The molecule has 1 aromatic heterocycles. The minimum absolute atomic E-state index is 0.216. The molecule has 32 heavy (non-hydrogen) atoms. The molecule has 0 saturated carbocycles. The summed E-state index contributed by atoms with van der Waals surface area (Å²) >= 11 is 0. The summed E-state index contributed by atoms with van der Waals surface area (Å²) in [5.41, 5.74) is 0.401. The average Bonchev–Trinajstić information content (AvgIpc) is 2.73. The van der Waals surface area contributed by atoms with Crippen LogP contribution in [0.5, 0.6) is 0 Å². The smallest absolute Gasteiger partial charge is 0.318 e. The molecule has 0 fully saturated rings. The molecule has 0 bridgehead atoms. The van der Waals surface area contributed by atoms with E-state index in [2.05, 4.69) is 12.2 Å². The zero-order valence-electron chi connectivity index (χ0n) is 19.4. The Hall–Kier alpha value is -3.22. The van der Waals surface area contributed by atoms with Gasteiger partial charge < -0.3 is 10.2 Å². The van der Waals surface area contributed by atoms with E-state index < -0.39 is 11.6 Å². The molecule has 2 amide bonds. The zero-order chi connectivity index (χ0) is 23.5. The number of halogens is 1. The molecule has 3 aromatic rings. The molecule has 2 aromatic carbocycles. The molecule has 0 aliphatic heterocycles. The zero-order valence-corrected chi connectivity index (χ0v) is 19.4. The number of unbranched alkanes of at least 4 members (excludes halogenated alkanes) is 1.